The molecule has 1 fully saturated rings. The Morgan fingerprint density at radius 1 is 1.23 bits per heavy atom. The van der Waals surface area contributed by atoms with E-state index in [0.29, 0.717) is 0 Å². The Balaban J connectivity index is 0.000000424. The highest BCUT2D eigenvalue weighted by molar-refractivity contribution is 4.68. The van der Waals surface area contributed by atoms with Gasteiger partial charge in [-0.15, -0.1) is 0 Å². The van der Waals surface area contributed by atoms with E-state index in [4.69, 9.17) is 4.74 Å². The molecule has 1 aliphatic rings. The monoisotopic (exact) mass is 187 g/mol. The minimum atomic E-state index is 0.821. The van der Waals surface area contributed by atoms with Gasteiger partial charge in [0.05, 0.1) is 0 Å². The van der Waals surface area contributed by atoms with Crippen LogP contribution < -0.4 is 0 Å². The summed E-state index contributed by atoms with van der Waals surface area (Å²) < 4.78 is 5.10. The van der Waals surface area contributed by atoms with Crippen LogP contribution >= 0.6 is 0 Å². The molecule has 2 nitrogen and oxygen atoms in total. The van der Waals surface area contributed by atoms with Gasteiger partial charge in [-0.1, -0.05) is 20.3 Å². The van der Waals surface area contributed by atoms with E-state index in [-0.39, 0.29) is 0 Å². The number of hydrogen-bond acceptors (Lipinski definition) is 2. The van der Waals surface area contributed by atoms with Gasteiger partial charge in [-0.05, 0) is 38.9 Å². The van der Waals surface area contributed by atoms with Crippen LogP contribution in [-0.4, -0.2) is 38.8 Å². The van der Waals surface area contributed by atoms with Crippen molar-refractivity contribution in [2.45, 2.75) is 33.1 Å². The molecule has 1 heterocycles. The Hall–Kier alpha value is -0.0800. The highest BCUT2D eigenvalue weighted by Crippen LogP contribution is 2.15. The van der Waals surface area contributed by atoms with Gasteiger partial charge >= 0.3 is 0 Å². The number of ether oxygens (including phenoxy) is 1. The average molecular weight is 187 g/mol. The zero-order valence-electron chi connectivity index (χ0n) is 9.68. The molecule has 0 unspecified atom stereocenters. The van der Waals surface area contributed by atoms with Crippen molar-refractivity contribution in [2.75, 3.05) is 33.9 Å². The molecule has 0 atom stereocenters. The topological polar surface area (TPSA) is 12.5 Å². The number of methoxy groups -OCH3 is 1. The van der Waals surface area contributed by atoms with Gasteiger partial charge in [0.15, 0.2) is 0 Å². The van der Waals surface area contributed by atoms with Gasteiger partial charge < -0.3 is 9.64 Å². The van der Waals surface area contributed by atoms with Gasteiger partial charge in [0.1, 0.15) is 0 Å². The molecule has 1 saturated heterocycles. The van der Waals surface area contributed by atoms with E-state index in [1.807, 2.05) is 0 Å². The fraction of sp³-hybridized carbons (Fsp3) is 1.00. The Kier molecular flexibility index (Phi) is 8.46. The molecule has 0 aromatic carbocycles. The summed E-state index contributed by atoms with van der Waals surface area (Å²) in [7, 11) is 3.97. The lowest BCUT2D eigenvalue weighted by atomic mass is 9.98. The lowest BCUT2D eigenvalue weighted by molar-refractivity contribution is 0.109. The number of rotatable bonds is 2. The van der Waals surface area contributed by atoms with Crippen molar-refractivity contribution in [1.82, 2.24) is 4.90 Å². The van der Waals surface area contributed by atoms with Gasteiger partial charge in [0.2, 0.25) is 0 Å². The second kappa shape index (κ2) is 8.52. The molecular weight excluding hydrogens is 162 g/mol. The number of piperidine rings is 1. The third-order valence-electron chi connectivity index (χ3n) is 2.24. The number of hydrogen-bond donors (Lipinski definition) is 0. The highest BCUT2D eigenvalue weighted by atomic mass is 16.5. The van der Waals surface area contributed by atoms with Crippen LogP contribution in [0.25, 0.3) is 0 Å². The predicted molar refractivity (Wildman–Crippen MR) is 58.1 cm³/mol. The maximum absolute atomic E-state index is 5.10. The SMILES string of the molecule is CCC.COCC1CCN(C)CC1. The summed E-state index contributed by atoms with van der Waals surface area (Å²) in [5.41, 5.74) is 0. The quantitative estimate of drug-likeness (QED) is 0.658. The molecule has 80 valence electrons. The molecule has 0 aromatic heterocycles. The first kappa shape index (κ1) is 12.9. The average Bonchev–Trinajstić information content (AvgIpc) is 2.11. The minimum absolute atomic E-state index is 0.821. The zero-order chi connectivity index (χ0) is 10.1. The van der Waals surface area contributed by atoms with Crippen LogP contribution in [0, 0.1) is 5.92 Å². The van der Waals surface area contributed by atoms with Crippen molar-refractivity contribution >= 4 is 0 Å². The second-order valence-electron chi connectivity index (χ2n) is 3.91. The molecule has 0 N–H and O–H groups in total. The van der Waals surface area contributed by atoms with E-state index in [0.717, 1.165) is 12.5 Å². The molecule has 1 rings (SSSR count). The molecule has 0 saturated carbocycles. The fourth-order valence-electron chi connectivity index (χ4n) is 1.46. The van der Waals surface area contributed by atoms with Gasteiger partial charge in [-0.25, -0.2) is 0 Å². The molecule has 0 bridgehead atoms. The van der Waals surface area contributed by atoms with Crippen LogP contribution in [-0.2, 0) is 4.74 Å². The molecular formula is C11H25NO. The Labute approximate surface area is 83.3 Å². The van der Waals surface area contributed by atoms with E-state index in [2.05, 4.69) is 25.8 Å². The largest absolute Gasteiger partial charge is 0.384 e. The van der Waals surface area contributed by atoms with Crippen molar-refractivity contribution in [1.29, 1.82) is 0 Å². The van der Waals surface area contributed by atoms with E-state index >= 15 is 0 Å². The van der Waals surface area contributed by atoms with E-state index in [9.17, 15) is 0 Å². The summed E-state index contributed by atoms with van der Waals surface area (Å²) >= 11 is 0. The number of likely N-dealkylation sites (tertiary alicyclic amines) is 1. The van der Waals surface area contributed by atoms with Gasteiger partial charge in [0, 0.05) is 13.7 Å². The molecule has 1 aliphatic heterocycles. The molecule has 0 amide bonds. The molecule has 0 spiro atoms. The zero-order valence-corrected chi connectivity index (χ0v) is 9.68. The van der Waals surface area contributed by atoms with Crippen molar-refractivity contribution in [2.24, 2.45) is 5.92 Å². The van der Waals surface area contributed by atoms with Crippen molar-refractivity contribution in [3.05, 3.63) is 0 Å². The Morgan fingerprint density at radius 2 is 1.69 bits per heavy atom. The summed E-state index contributed by atoms with van der Waals surface area (Å²) in [6.07, 6.45) is 3.87. The van der Waals surface area contributed by atoms with Crippen LogP contribution in [0.2, 0.25) is 0 Å². The third-order valence-corrected chi connectivity index (χ3v) is 2.24. The predicted octanol–water partition coefficient (Wildman–Crippen LogP) is 2.39. The van der Waals surface area contributed by atoms with Gasteiger partial charge in [-0.3, -0.25) is 0 Å². The lowest BCUT2D eigenvalue weighted by Gasteiger charge is -2.28. The molecule has 0 aliphatic carbocycles. The first-order chi connectivity index (χ1) is 6.24. The standard InChI is InChI=1S/C8H17NO.C3H8/c1-9-5-3-8(4-6-9)7-10-2;1-3-2/h8H,3-7H2,1-2H3;3H2,1-2H3. The van der Waals surface area contributed by atoms with Crippen molar-refractivity contribution < 1.29 is 4.74 Å². The number of nitrogens with zero attached hydrogens (tertiary/aromatic N) is 1. The highest BCUT2D eigenvalue weighted by Gasteiger charge is 2.15. The molecule has 0 radical (unpaired) electrons. The van der Waals surface area contributed by atoms with Crippen LogP contribution in [0.4, 0.5) is 0 Å². The van der Waals surface area contributed by atoms with E-state index in [1.165, 1.54) is 32.4 Å². The maximum atomic E-state index is 5.10. The van der Waals surface area contributed by atoms with Gasteiger partial charge in [0.25, 0.3) is 0 Å². The van der Waals surface area contributed by atoms with Gasteiger partial charge in [-0.2, -0.15) is 0 Å². The smallest absolute Gasteiger partial charge is 0.0491 e. The summed E-state index contributed by atoms with van der Waals surface area (Å²) in [5, 5.41) is 0. The first-order valence-corrected chi connectivity index (χ1v) is 5.42. The normalized spacial score (nSPS) is 19.4. The third kappa shape index (κ3) is 7.03. The molecule has 0 aromatic rings. The fourth-order valence-corrected chi connectivity index (χ4v) is 1.46. The summed E-state index contributed by atoms with van der Waals surface area (Å²) in [5.74, 6) is 0.821. The van der Waals surface area contributed by atoms with Crippen LogP contribution in [0.3, 0.4) is 0 Å². The summed E-state index contributed by atoms with van der Waals surface area (Å²) in [4.78, 5) is 2.38. The Bertz CT molecular complexity index is 98.3. The summed E-state index contributed by atoms with van der Waals surface area (Å²) in [6, 6.07) is 0. The van der Waals surface area contributed by atoms with Crippen LogP contribution in [0.1, 0.15) is 33.1 Å². The van der Waals surface area contributed by atoms with E-state index in [1.54, 1.807) is 7.11 Å². The maximum Gasteiger partial charge on any atom is 0.0491 e. The van der Waals surface area contributed by atoms with Crippen LogP contribution in [0.15, 0.2) is 0 Å². The Morgan fingerprint density at radius 3 is 2.08 bits per heavy atom. The first-order valence-electron chi connectivity index (χ1n) is 5.42. The van der Waals surface area contributed by atoms with Crippen LogP contribution in [0.5, 0.6) is 0 Å². The van der Waals surface area contributed by atoms with Crippen molar-refractivity contribution in [3.8, 4) is 0 Å². The van der Waals surface area contributed by atoms with E-state index < -0.39 is 0 Å². The minimum Gasteiger partial charge on any atom is -0.384 e. The van der Waals surface area contributed by atoms with Crippen molar-refractivity contribution in [3.63, 3.8) is 0 Å². The lowest BCUT2D eigenvalue weighted by Crippen LogP contribution is -2.31. The molecule has 2 heteroatoms. The second-order valence-corrected chi connectivity index (χ2v) is 3.91. The molecule has 13 heavy (non-hydrogen) atoms. The summed E-state index contributed by atoms with van der Waals surface area (Å²) in [6.45, 7) is 7.69.